The Morgan fingerprint density at radius 1 is 1.24 bits per heavy atom. The zero-order valence-electron chi connectivity index (χ0n) is 9.69. The fraction of sp³-hybridized carbons (Fsp3) is 0.385. The highest BCUT2D eigenvalue weighted by Gasteiger charge is 1.90. The number of rotatable bonds is 7. The van der Waals surface area contributed by atoms with E-state index in [-0.39, 0.29) is 0 Å². The molecule has 4 heteroatoms. The van der Waals surface area contributed by atoms with E-state index in [2.05, 4.69) is 15.4 Å². The van der Waals surface area contributed by atoms with Crippen LogP contribution in [0, 0.1) is 6.57 Å². The summed E-state index contributed by atoms with van der Waals surface area (Å²) >= 11 is 5.58. The van der Waals surface area contributed by atoms with Crippen LogP contribution in [0.15, 0.2) is 29.4 Å². The van der Waals surface area contributed by atoms with Crippen LogP contribution in [0.4, 0.5) is 11.4 Å². The third-order valence-corrected chi connectivity index (χ3v) is 2.52. The van der Waals surface area contributed by atoms with E-state index in [0.717, 1.165) is 37.3 Å². The molecule has 1 aromatic carbocycles. The van der Waals surface area contributed by atoms with Crippen LogP contribution in [0.3, 0.4) is 0 Å². The first-order chi connectivity index (χ1) is 8.36. The first kappa shape index (κ1) is 13.5. The van der Waals surface area contributed by atoms with Crippen molar-refractivity contribution in [3.05, 3.63) is 35.7 Å². The molecule has 0 fully saturated rings. The molecule has 0 radical (unpaired) electrons. The molecule has 0 aliphatic carbocycles. The van der Waals surface area contributed by atoms with Crippen molar-refractivity contribution >= 4 is 29.2 Å². The summed E-state index contributed by atoms with van der Waals surface area (Å²) in [4.78, 5) is 3.32. The zero-order valence-corrected chi connectivity index (χ0v) is 10.5. The van der Waals surface area contributed by atoms with E-state index in [0.29, 0.717) is 5.69 Å². The molecule has 0 aromatic heterocycles. The highest BCUT2D eigenvalue weighted by Crippen LogP contribution is 2.15. The normalized spacial score (nSPS) is 10.4. The van der Waals surface area contributed by atoms with Crippen molar-refractivity contribution in [2.45, 2.75) is 25.7 Å². The molecule has 3 nitrogen and oxygen atoms in total. The molecule has 1 aromatic rings. The molecule has 0 atom stereocenters. The molecule has 0 amide bonds. The molecular weight excluding hydrogens is 234 g/mol. The predicted octanol–water partition coefficient (Wildman–Crippen LogP) is 4.43. The number of hydrogen-bond acceptors (Lipinski definition) is 2. The lowest BCUT2D eigenvalue weighted by Gasteiger charge is -1.99. The number of anilines is 1. The maximum absolute atomic E-state index is 6.83. The fourth-order valence-corrected chi connectivity index (χ4v) is 1.49. The maximum Gasteiger partial charge on any atom is 0.187 e. The Bertz CT molecular complexity index is 379. The first-order valence-electron chi connectivity index (χ1n) is 5.68. The van der Waals surface area contributed by atoms with Gasteiger partial charge in [0.2, 0.25) is 0 Å². The van der Waals surface area contributed by atoms with Crippen molar-refractivity contribution < 1.29 is 0 Å². The molecule has 0 aliphatic rings. The van der Waals surface area contributed by atoms with Crippen molar-refractivity contribution in [1.29, 1.82) is 0 Å². The molecular formula is C13H16ClN3. The van der Waals surface area contributed by atoms with Crippen molar-refractivity contribution in [3.8, 4) is 0 Å². The second-order valence-corrected chi connectivity index (χ2v) is 4.00. The number of nitrogens with zero attached hydrogens (tertiary/aromatic N) is 2. The van der Waals surface area contributed by atoms with E-state index < -0.39 is 0 Å². The number of unbranched alkanes of at least 4 members (excludes halogenated alkanes) is 3. The SMILES string of the molecule is [C-]#[N+]c1ccc(N/N=C/CCCCCCl)cc1. The maximum atomic E-state index is 6.83. The quantitative estimate of drug-likeness (QED) is 0.250. The number of benzene rings is 1. The monoisotopic (exact) mass is 249 g/mol. The lowest BCUT2D eigenvalue weighted by Crippen LogP contribution is -1.89. The van der Waals surface area contributed by atoms with Gasteiger partial charge in [0.25, 0.3) is 0 Å². The lowest BCUT2D eigenvalue weighted by molar-refractivity contribution is 0.749. The van der Waals surface area contributed by atoms with E-state index >= 15 is 0 Å². The zero-order chi connectivity index (χ0) is 12.3. The molecule has 0 unspecified atom stereocenters. The summed E-state index contributed by atoms with van der Waals surface area (Å²) in [6.07, 6.45) is 6.17. The lowest BCUT2D eigenvalue weighted by atomic mass is 10.2. The first-order valence-corrected chi connectivity index (χ1v) is 6.21. The van der Waals surface area contributed by atoms with Crippen LogP contribution in [0.1, 0.15) is 25.7 Å². The van der Waals surface area contributed by atoms with Gasteiger partial charge >= 0.3 is 0 Å². The highest BCUT2D eigenvalue weighted by atomic mass is 35.5. The molecule has 17 heavy (non-hydrogen) atoms. The number of alkyl halides is 1. The Morgan fingerprint density at radius 2 is 2.00 bits per heavy atom. The van der Waals surface area contributed by atoms with Gasteiger partial charge in [0.05, 0.1) is 12.3 Å². The topological polar surface area (TPSA) is 28.8 Å². The Morgan fingerprint density at radius 3 is 2.65 bits per heavy atom. The van der Waals surface area contributed by atoms with Gasteiger partial charge in [0.1, 0.15) is 0 Å². The largest absolute Gasteiger partial charge is 0.279 e. The standard InChI is InChI=1S/C13H16ClN3/c1-15-12-6-8-13(9-7-12)17-16-11-5-3-2-4-10-14/h6-9,11,17H,2-5,10H2/b16-11+. The second-order valence-electron chi connectivity index (χ2n) is 3.62. The molecule has 1 rings (SSSR count). The van der Waals surface area contributed by atoms with Crippen LogP contribution < -0.4 is 5.43 Å². The van der Waals surface area contributed by atoms with Gasteiger partial charge in [-0.15, -0.1) is 11.6 Å². The average Bonchev–Trinajstić information content (AvgIpc) is 2.38. The summed E-state index contributed by atoms with van der Waals surface area (Å²) in [6, 6.07) is 7.23. The van der Waals surface area contributed by atoms with Gasteiger partial charge in [-0.2, -0.15) is 5.10 Å². The minimum absolute atomic E-state index is 0.639. The van der Waals surface area contributed by atoms with Gasteiger partial charge in [-0.3, -0.25) is 5.43 Å². The summed E-state index contributed by atoms with van der Waals surface area (Å²) in [5.41, 5.74) is 4.46. The van der Waals surface area contributed by atoms with Crippen LogP contribution in [0.2, 0.25) is 0 Å². The minimum Gasteiger partial charge on any atom is -0.279 e. The van der Waals surface area contributed by atoms with Crippen LogP contribution in [-0.4, -0.2) is 12.1 Å². The number of halogens is 1. The fourth-order valence-electron chi connectivity index (χ4n) is 1.30. The van der Waals surface area contributed by atoms with Crippen LogP contribution in [0.25, 0.3) is 4.85 Å². The van der Waals surface area contributed by atoms with Crippen LogP contribution in [0.5, 0.6) is 0 Å². The average molecular weight is 250 g/mol. The molecule has 90 valence electrons. The van der Waals surface area contributed by atoms with E-state index in [1.807, 2.05) is 18.3 Å². The molecule has 0 bridgehead atoms. The van der Waals surface area contributed by atoms with Crippen molar-refractivity contribution in [2.24, 2.45) is 5.10 Å². The number of nitrogens with one attached hydrogen (secondary N) is 1. The summed E-state index contributed by atoms with van der Waals surface area (Å²) in [5.74, 6) is 0.739. The smallest absolute Gasteiger partial charge is 0.187 e. The molecule has 0 aliphatic heterocycles. The third-order valence-electron chi connectivity index (χ3n) is 2.25. The molecule has 1 N–H and O–H groups in total. The van der Waals surface area contributed by atoms with Crippen LogP contribution in [-0.2, 0) is 0 Å². The molecule has 0 spiro atoms. The predicted molar refractivity (Wildman–Crippen MR) is 74.0 cm³/mol. The van der Waals surface area contributed by atoms with Gasteiger partial charge in [-0.1, -0.05) is 18.6 Å². The summed E-state index contributed by atoms with van der Waals surface area (Å²) < 4.78 is 0. The van der Waals surface area contributed by atoms with Crippen LogP contribution >= 0.6 is 11.6 Å². The van der Waals surface area contributed by atoms with Crippen molar-refractivity contribution in [3.63, 3.8) is 0 Å². The summed E-state index contributed by atoms with van der Waals surface area (Å²) in [6.45, 7) is 6.83. The highest BCUT2D eigenvalue weighted by molar-refractivity contribution is 6.17. The third kappa shape index (κ3) is 5.94. The van der Waals surface area contributed by atoms with Gasteiger partial charge in [0.15, 0.2) is 5.69 Å². The Hall–Kier alpha value is -1.53. The summed E-state index contributed by atoms with van der Waals surface area (Å²) in [5, 5.41) is 4.11. The van der Waals surface area contributed by atoms with E-state index in [4.69, 9.17) is 18.2 Å². The van der Waals surface area contributed by atoms with Gasteiger partial charge in [-0.05, 0) is 31.4 Å². The van der Waals surface area contributed by atoms with Gasteiger partial charge in [-0.25, -0.2) is 4.85 Å². The van der Waals surface area contributed by atoms with Crippen molar-refractivity contribution in [1.82, 2.24) is 0 Å². The van der Waals surface area contributed by atoms with Crippen molar-refractivity contribution in [2.75, 3.05) is 11.3 Å². The minimum atomic E-state index is 0.639. The van der Waals surface area contributed by atoms with E-state index in [1.54, 1.807) is 12.1 Å². The number of hydrogen-bond donors (Lipinski definition) is 1. The van der Waals surface area contributed by atoms with E-state index in [1.165, 1.54) is 0 Å². The number of hydrazone groups is 1. The molecule has 0 saturated heterocycles. The molecule has 0 saturated carbocycles. The van der Waals surface area contributed by atoms with Gasteiger partial charge < -0.3 is 0 Å². The van der Waals surface area contributed by atoms with Gasteiger partial charge in [0, 0.05) is 12.1 Å². The molecule has 0 heterocycles. The van der Waals surface area contributed by atoms with E-state index in [9.17, 15) is 0 Å². The summed E-state index contributed by atoms with van der Waals surface area (Å²) in [7, 11) is 0. The second kappa shape index (κ2) is 8.60. The Balaban J connectivity index is 2.21. The Kier molecular flexibility index (Phi) is 6.85. The Labute approximate surface area is 107 Å².